The second kappa shape index (κ2) is 5.39. The summed E-state index contributed by atoms with van der Waals surface area (Å²) in [6.07, 6.45) is 2.78. The van der Waals surface area contributed by atoms with Crippen LogP contribution in [0.5, 0.6) is 0 Å². The fourth-order valence-corrected chi connectivity index (χ4v) is 1.40. The maximum atomic E-state index is 11.6. The van der Waals surface area contributed by atoms with Crippen molar-refractivity contribution in [2.75, 3.05) is 0 Å². The third-order valence-electron chi connectivity index (χ3n) is 2.20. The third kappa shape index (κ3) is 2.90. The third-order valence-corrected chi connectivity index (χ3v) is 2.20. The Labute approximate surface area is 103 Å². The van der Waals surface area contributed by atoms with Gasteiger partial charge in [0, 0.05) is 13.5 Å². The van der Waals surface area contributed by atoms with Gasteiger partial charge in [0.1, 0.15) is 5.69 Å². The van der Waals surface area contributed by atoms with Crippen molar-refractivity contribution < 1.29 is 9.32 Å². The number of carbonyl (C=O) groups excluding carboxylic acids is 1. The molecule has 18 heavy (non-hydrogen) atoms. The quantitative estimate of drug-likeness (QED) is 0.819. The van der Waals surface area contributed by atoms with Gasteiger partial charge >= 0.3 is 0 Å². The second-order valence-electron chi connectivity index (χ2n) is 3.79. The Bertz CT molecular complexity index is 532. The highest BCUT2D eigenvalue weighted by Gasteiger charge is 2.12. The molecule has 96 valence electrons. The van der Waals surface area contributed by atoms with Gasteiger partial charge in [-0.3, -0.25) is 9.48 Å². The van der Waals surface area contributed by atoms with E-state index in [0.29, 0.717) is 11.6 Å². The minimum absolute atomic E-state index is 0.0217. The monoisotopic (exact) mass is 250 g/mol. The Hall–Kier alpha value is -2.25. The summed E-state index contributed by atoms with van der Waals surface area (Å²) in [5.74, 6) is -0.0145. The van der Waals surface area contributed by atoms with Gasteiger partial charge in [0.05, 0.1) is 12.7 Å². The van der Waals surface area contributed by atoms with Gasteiger partial charge in [0.25, 0.3) is 11.7 Å². The van der Waals surface area contributed by atoms with Gasteiger partial charge in [0.2, 0.25) is 5.89 Å². The van der Waals surface area contributed by atoms with Crippen LogP contribution in [0.15, 0.2) is 10.7 Å². The zero-order valence-corrected chi connectivity index (χ0v) is 10.3. The highest BCUT2D eigenvalue weighted by Crippen LogP contribution is 1.97. The first-order valence-corrected chi connectivity index (χ1v) is 5.66. The average Bonchev–Trinajstić information content (AvgIpc) is 2.96. The van der Waals surface area contributed by atoms with Crippen molar-refractivity contribution in [3.8, 4) is 0 Å². The zero-order chi connectivity index (χ0) is 13.0. The van der Waals surface area contributed by atoms with Crippen molar-refractivity contribution in [2.24, 2.45) is 0 Å². The standard InChI is InChI=1S/C10H14N6O2/c1-3-4-16-6-8(13-15-16)5-11-10(17)9-12-7(2)18-14-9/h6H,3-5H2,1-2H3,(H,11,17). The Morgan fingerprint density at radius 3 is 3.06 bits per heavy atom. The normalized spacial score (nSPS) is 10.6. The molecule has 0 aliphatic rings. The van der Waals surface area contributed by atoms with Gasteiger partial charge in [-0.15, -0.1) is 5.10 Å². The van der Waals surface area contributed by atoms with Gasteiger partial charge in [0.15, 0.2) is 0 Å². The summed E-state index contributed by atoms with van der Waals surface area (Å²) >= 11 is 0. The summed E-state index contributed by atoms with van der Waals surface area (Å²) in [7, 11) is 0. The van der Waals surface area contributed by atoms with Gasteiger partial charge in [-0.05, 0) is 6.42 Å². The van der Waals surface area contributed by atoms with Crippen molar-refractivity contribution in [1.29, 1.82) is 0 Å². The highest BCUT2D eigenvalue weighted by molar-refractivity contribution is 5.90. The Balaban J connectivity index is 1.88. The number of amides is 1. The lowest BCUT2D eigenvalue weighted by Gasteiger charge is -1.97. The molecule has 0 fully saturated rings. The van der Waals surface area contributed by atoms with Crippen LogP contribution in [-0.2, 0) is 13.1 Å². The molecule has 0 bridgehead atoms. The molecule has 2 heterocycles. The van der Waals surface area contributed by atoms with Crippen LogP contribution >= 0.6 is 0 Å². The number of nitrogens with zero attached hydrogens (tertiary/aromatic N) is 5. The van der Waals surface area contributed by atoms with Crippen LogP contribution in [-0.4, -0.2) is 31.0 Å². The van der Waals surface area contributed by atoms with Crippen LogP contribution in [0, 0.1) is 6.92 Å². The van der Waals surface area contributed by atoms with Crippen molar-refractivity contribution >= 4 is 5.91 Å². The van der Waals surface area contributed by atoms with Gasteiger partial charge in [-0.25, -0.2) is 0 Å². The van der Waals surface area contributed by atoms with E-state index in [1.165, 1.54) is 0 Å². The van der Waals surface area contributed by atoms with Gasteiger partial charge in [-0.2, -0.15) is 4.98 Å². The van der Waals surface area contributed by atoms with E-state index >= 15 is 0 Å². The molecule has 0 saturated heterocycles. The molecule has 0 unspecified atom stereocenters. The smallest absolute Gasteiger partial charge is 0.293 e. The molecule has 2 aromatic heterocycles. The minimum Gasteiger partial charge on any atom is -0.343 e. The summed E-state index contributed by atoms with van der Waals surface area (Å²) in [6.45, 7) is 4.78. The summed E-state index contributed by atoms with van der Waals surface area (Å²) in [4.78, 5) is 15.4. The summed E-state index contributed by atoms with van der Waals surface area (Å²) in [5.41, 5.74) is 0.692. The van der Waals surface area contributed by atoms with Gasteiger partial charge in [-0.1, -0.05) is 17.3 Å². The number of carbonyl (C=O) groups is 1. The molecule has 8 heteroatoms. The largest absolute Gasteiger partial charge is 0.343 e. The molecule has 2 aromatic rings. The van der Waals surface area contributed by atoms with E-state index in [1.54, 1.807) is 17.8 Å². The molecule has 0 saturated carbocycles. The predicted octanol–water partition coefficient (Wildman–Crippen LogP) is 0.310. The number of rotatable bonds is 5. The number of hydrogen-bond donors (Lipinski definition) is 1. The van der Waals surface area contributed by atoms with Crippen LogP contribution in [0.3, 0.4) is 0 Å². The van der Waals surface area contributed by atoms with Crippen LogP contribution in [0.4, 0.5) is 0 Å². The topological polar surface area (TPSA) is 98.7 Å². The maximum Gasteiger partial charge on any atom is 0.293 e. The van der Waals surface area contributed by atoms with Gasteiger partial charge < -0.3 is 9.84 Å². The van der Waals surface area contributed by atoms with E-state index in [2.05, 4.69) is 32.7 Å². The van der Waals surface area contributed by atoms with Crippen LogP contribution in [0.1, 0.15) is 35.5 Å². The number of aryl methyl sites for hydroxylation is 2. The van der Waals surface area contributed by atoms with E-state index in [0.717, 1.165) is 13.0 Å². The highest BCUT2D eigenvalue weighted by atomic mass is 16.5. The molecule has 8 nitrogen and oxygen atoms in total. The lowest BCUT2D eigenvalue weighted by atomic mass is 10.4. The van der Waals surface area contributed by atoms with E-state index in [4.69, 9.17) is 4.52 Å². The molecule has 0 radical (unpaired) electrons. The maximum absolute atomic E-state index is 11.6. The van der Waals surface area contributed by atoms with Crippen molar-refractivity contribution in [3.05, 3.63) is 23.6 Å². The molecule has 0 aromatic carbocycles. The molecule has 1 amide bonds. The lowest BCUT2D eigenvalue weighted by Crippen LogP contribution is -2.24. The molecule has 0 spiro atoms. The molecule has 2 rings (SSSR count). The average molecular weight is 250 g/mol. The fraction of sp³-hybridized carbons (Fsp3) is 0.500. The van der Waals surface area contributed by atoms with E-state index in [1.807, 2.05) is 0 Å². The van der Waals surface area contributed by atoms with Crippen LogP contribution in [0.25, 0.3) is 0 Å². The van der Waals surface area contributed by atoms with Crippen molar-refractivity contribution in [3.63, 3.8) is 0 Å². The molecule has 1 N–H and O–H groups in total. The number of nitrogens with one attached hydrogen (secondary N) is 1. The lowest BCUT2D eigenvalue weighted by molar-refractivity contribution is 0.0937. The Morgan fingerprint density at radius 2 is 2.39 bits per heavy atom. The minimum atomic E-state index is -0.392. The second-order valence-corrected chi connectivity index (χ2v) is 3.79. The number of hydrogen-bond acceptors (Lipinski definition) is 6. The van der Waals surface area contributed by atoms with E-state index in [-0.39, 0.29) is 12.4 Å². The van der Waals surface area contributed by atoms with Crippen LogP contribution in [0.2, 0.25) is 0 Å². The Morgan fingerprint density at radius 1 is 1.56 bits per heavy atom. The molecule has 0 aliphatic heterocycles. The van der Waals surface area contributed by atoms with Crippen LogP contribution < -0.4 is 5.32 Å². The fourth-order valence-electron chi connectivity index (χ4n) is 1.40. The zero-order valence-electron chi connectivity index (χ0n) is 10.3. The summed E-state index contributed by atoms with van der Waals surface area (Å²) in [6, 6.07) is 0. The predicted molar refractivity (Wildman–Crippen MR) is 60.5 cm³/mol. The molecule has 0 aliphatic carbocycles. The van der Waals surface area contributed by atoms with Crippen molar-refractivity contribution in [1.82, 2.24) is 30.5 Å². The molecular formula is C10H14N6O2. The summed E-state index contributed by atoms with van der Waals surface area (Å²) in [5, 5.41) is 14.0. The van der Waals surface area contributed by atoms with Crippen molar-refractivity contribution in [2.45, 2.75) is 33.4 Å². The van der Waals surface area contributed by atoms with E-state index in [9.17, 15) is 4.79 Å². The first-order chi connectivity index (χ1) is 8.69. The SMILES string of the molecule is CCCn1cc(CNC(=O)c2noc(C)n2)nn1. The number of aromatic nitrogens is 5. The first kappa shape index (κ1) is 12.2. The molecule has 0 atom stereocenters. The van der Waals surface area contributed by atoms with E-state index < -0.39 is 5.91 Å². The molecular weight excluding hydrogens is 236 g/mol. The summed E-state index contributed by atoms with van der Waals surface area (Å²) < 4.78 is 6.46. The Kier molecular flexibility index (Phi) is 3.66. The first-order valence-electron chi connectivity index (χ1n) is 5.66.